The molecule has 0 spiro atoms. The summed E-state index contributed by atoms with van der Waals surface area (Å²) in [4.78, 5) is 5.33. The topological polar surface area (TPSA) is 84.2 Å². The summed E-state index contributed by atoms with van der Waals surface area (Å²) in [7, 11) is -3.61. The highest BCUT2D eigenvalue weighted by Gasteiger charge is 2.19. The summed E-state index contributed by atoms with van der Waals surface area (Å²) in [6.07, 6.45) is 3.26. The van der Waals surface area contributed by atoms with Crippen LogP contribution in [0.4, 0.5) is 0 Å². The number of aliphatic hydroxyl groups excluding tert-OH is 1. The van der Waals surface area contributed by atoms with E-state index in [4.69, 9.17) is 0 Å². The van der Waals surface area contributed by atoms with E-state index in [2.05, 4.69) is 9.71 Å². The van der Waals surface area contributed by atoms with Gasteiger partial charge in [0.1, 0.15) is 5.01 Å². The van der Waals surface area contributed by atoms with Crippen LogP contribution in [0.25, 0.3) is 0 Å². The van der Waals surface area contributed by atoms with Crippen LogP contribution in [0.15, 0.2) is 23.4 Å². The summed E-state index contributed by atoms with van der Waals surface area (Å²) in [6.45, 7) is 5.76. The Morgan fingerprint density at radius 3 is 2.67 bits per heavy atom. The molecule has 116 valence electrons. The van der Waals surface area contributed by atoms with Crippen LogP contribution in [0.5, 0.6) is 0 Å². The van der Waals surface area contributed by atoms with Crippen molar-refractivity contribution in [1.82, 2.24) is 14.3 Å². The van der Waals surface area contributed by atoms with Crippen molar-refractivity contribution in [3.05, 3.63) is 34.0 Å². The molecule has 8 heteroatoms. The molecule has 0 bridgehead atoms. The van der Waals surface area contributed by atoms with Crippen LogP contribution in [-0.2, 0) is 23.2 Å². The van der Waals surface area contributed by atoms with Crippen LogP contribution in [0.1, 0.15) is 35.5 Å². The van der Waals surface area contributed by atoms with Gasteiger partial charge in [0.2, 0.25) is 10.0 Å². The van der Waals surface area contributed by atoms with Crippen molar-refractivity contribution in [3.63, 3.8) is 0 Å². The van der Waals surface area contributed by atoms with Crippen LogP contribution in [-0.4, -0.2) is 23.1 Å². The summed E-state index contributed by atoms with van der Waals surface area (Å²) >= 11 is 1.46. The number of rotatable bonds is 6. The first-order valence-electron chi connectivity index (χ1n) is 6.56. The second-order valence-corrected chi connectivity index (χ2v) is 8.10. The molecule has 2 heterocycles. The highest BCUT2D eigenvalue weighted by molar-refractivity contribution is 7.89. The quantitative estimate of drug-likeness (QED) is 0.846. The van der Waals surface area contributed by atoms with Crippen LogP contribution >= 0.6 is 11.3 Å². The highest BCUT2D eigenvalue weighted by atomic mass is 32.2. The van der Waals surface area contributed by atoms with Crippen molar-refractivity contribution in [3.8, 4) is 0 Å². The lowest BCUT2D eigenvalue weighted by atomic mass is 10.3. The molecule has 0 unspecified atom stereocenters. The Kier molecular flexibility index (Phi) is 4.82. The minimum absolute atomic E-state index is 0.0812. The minimum atomic E-state index is -3.61. The largest absolute Gasteiger partial charge is 0.390 e. The molecule has 0 amide bonds. The molecule has 0 aromatic carbocycles. The molecule has 0 aliphatic carbocycles. The van der Waals surface area contributed by atoms with Crippen LogP contribution in [0, 0.1) is 6.92 Å². The monoisotopic (exact) mass is 329 g/mol. The normalized spacial score (nSPS) is 12.2. The SMILES string of the molecule is Cc1cnc(CNS(=O)(=O)c2cc(CO)n(C(C)C)c2)s1. The van der Waals surface area contributed by atoms with Gasteiger partial charge in [-0.25, -0.2) is 18.1 Å². The first-order valence-corrected chi connectivity index (χ1v) is 8.86. The average Bonchev–Trinajstić information content (AvgIpc) is 3.02. The molecular formula is C13H19N3O3S2. The van der Waals surface area contributed by atoms with Gasteiger partial charge >= 0.3 is 0 Å². The van der Waals surface area contributed by atoms with Gasteiger partial charge < -0.3 is 9.67 Å². The predicted octanol–water partition coefficient (Wildman–Crippen LogP) is 1.80. The van der Waals surface area contributed by atoms with E-state index in [1.54, 1.807) is 17.0 Å². The van der Waals surface area contributed by atoms with Gasteiger partial charge in [0.25, 0.3) is 0 Å². The number of hydrogen-bond donors (Lipinski definition) is 2. The van der Waals surface area contributed by atoms with E-state index >= 15 is 0 Å². The van der Waals surface area contributed by atoms with Gasteiger partial charge in [-0.3, -0.25) is 0 Å². The van der Waals surface area contributed by atoms with Crippen molar-refractivity contribution in [2.75, 3.05) is 0 Å². The molecule has 2 N–H and O–H groups in total. The number of sulfonamides is 1. The van der Waals surface area contributed by atoms with Gasteiger partial charge in [-0.15, -0.1) is 11.3 Å². The first kappa shape index (κ1) is 16.2. The Bertz CT molecular complexity index is 717. The molecule has 0 saturated carbocycles. The average molecular weight is 329 g/mol. The molecule has 0 aliphatic heterocycles. The maximum Gasteiger partial charge on any atom is 0.242 e. The zero-order valence-electron chi connectivity index (χ0n) is 12.2. The molecule has 6 nitrogen and oxygen atoms in total. The lowest BCUT2D eigenvalue weighted by Crippen LogP contribution is -2.22. The molecule has 0 fully saturated rings. The van der Waals surface area contributed by atoms with E-state index in [0.29, 0.717) is 5.69 Å². The summed E-state index contributed by atoms with van der Waals surface area (Å²) in [5, 5.41) is 10.0. The van der Waals surface area contributed by atoms with Gasteiger partial charge in [-0.2, -0.15) is 0 Å². The van der Waals surface area contributed by atoms with Gasteiger partial charge in [0.15, 0.2) is 0 Å². The fourth-order valence-corrected chi connectivity index (χ4v) is 3.83. The molecule has 2 aromatic rings. The van der Waals surface area contributed by atoms with E-state index in [0.717, 1.165) is 9.88 Å². The van der Waals surface area contributed by atoms with Gasteiger partial charge in [0, 0.05) is 29.0 Å². The molecule has 0 atom stereocenters. The van der Waals surface area contributed by atoms with Gasteiger partial charge in [-0.05, 0) is 26.8 Å². The number of aryl methyl sites for hydroxylation is 1. The number of hydrogen-bond acceptors (Lipinski definition) is 5. The third-order valence-electron chi connectivity index (χ3n) is 3.02. The molecule has 2 rings (SSSR count). The van der Waals surface area contributed by atoms with E-state index in [1.165, 1.54) is 17.4 Å². The molecule has 2 aromatic heterocycles. The number of aromatic nitrogens is 2. The predicted molar refractivity (Wildman–Crippen MR) is 81.6 cm³/mol. The summed E-state index contributed by atoms with van der Waals surface area (Å²) in [5.41, 5.74) is 0.579. The number of nitrogens with one attached hydrogen (secondary N) is 1. The molecule has 0 radical (unpaired) electrons. The first-order chi connectivity index (χ1) is 9.83. The zero-order valence-corrected chi connectivity index (χ0v) is 13.8. The van der Waals surface area contributed by atoms with E-state index in [1.807, 2.05) is 20.8 Å². The Labute approximate surface area is 128 Å². The lowest BCUT2D eigenvalue weighted by molar-refractivity contribution is 0.268. The Morgan fingerprint density at radius 2 is 2.19 bits per heavy atom. The molecular weight excluding hydrogens is 310 g/mol. The minimum Gasteiger partial charge on any atom is -0.390 e. The second kappa shape index (κ2) is 6.27. The fourth-order valence-electron chi connectivity index (χ4n) is 1.97. The Balaban J connectivity index is 2.19. The molecule has 0 aliphatic rings. The van der Waals surface area contributed by atoms with Crippen molar-refractivity contribution in [2.45, 2.75) is 44.9 Å². The second-order valence-electron chi connectivity index (χ2n) is 5.02. The fraction of sp³-hybridized carbons (Fsp3) is 0.462. The van der Waals surface area contributed by atoms with Gasteiger partial charge in [0.05, 0.1) is 18.0 Å². The Hall–Kier alpha value is -1.22. The van der Waals surface area contributed by atoms with Crippen molar-refractivity contribution >= 4 is 21.4 Å². The van der Waals surface area contributed by atoms with E-state index in [9.17, 15) is 13.5 Å². The molecule has 21 heavy (non-hydrogen) atoms. The smallest absolute Gasteiger partial charge is 0.242 e. The van der Waals surface area contributed by atoms with Crippen molar-refractivity contribution < 1.29 is 13.5 Å². The van der Waals surface area contributed by atoms with Crippen molar-refractivity contribution in [1.29, 1.82) is 0 Å². The lowest BCUT2D eigenvalue weighted by Gasteiger charge is -2.10. The number of thiazole rings is 1. The maximum atomic E-state index is 12.3. The maximum absolute atomic E-state index is 12.3. The molecule has 0 saturated heterocycles. The van der Waals surface area contributed by atoms with Gasteiger partial charge in [-0.1, -0.05) is 0 Å². The third-order valence-corrected chi connectivity index (χ3v) is 5.30. The van der Waals surface area contributed by atoms with E-state index in [-0.39, 0.29) is 24.1 Å². The summed E-state index contributed by atoms with van der Waals surface area (Å²) in [5.74, 6) is 0. The Morgan fingerprint density at radius 1 is 1.48 bits per heavy atom. The highest BCUT2D eigenvalue weighted by Crippen LogP contribution is 2.19. The summed E-state index contributed by atoms with van der Waals surface area (Å²) in [6, 6.07) is 1.58. The van der Waals surface area contributed by atoms with E-state index < -0.39 is 10.0 Å². The zero-order chi connectivity index (χ0) is 15.6. The van der Waals surface area contributed by atoms with Crippen LogP contribution in [0.3, 0.4) is 0 Å². The summed E-state index contributed by atoms with van der Waals surface area (Å²) < 4.78 is 28.9. The third kappa shape index (κ3) is 3.70. The number of aliphatic hydroxyl groups is 1. The van der Waals surface area contributed by atoms with Crippen LogP contribution < -0.4 is 4.72 Å². The standard InChI is InChI=1S/C13H19N3O3S2/c1-9(2)16-7-12(4-11(16)8-17)21(18,19)15-6-13-14-5-10(3)20-13/h4-5,7,9,15,17H,6,8H2,1-3H3. The van der Waals surface area contributed by atoms with Crippen molar-refractivity contribution in [2.24, 2.45) is 0 Å². The number of nitrogens with zero attached hydrogens (tertiary/aromatic N) is 2. The van der Waals surface area contributed by atoms with Crippen LogP contribution in [0.2, 0.25) is 0 Å².